The SMILES string of the molecule is Cc1oc(C2=CCC(Oc3ccccn3)C=C2)nc1CCOc1ccc(CCC(=O)O)c(CNC(=O)OC(C)C)c1. The van der Waals surface area contributed by atoms with E-state index >= 15 is 0 Å². The van der Waals surface area contributed by atoms with Gasteiger partial charge < -0.3 is 29.1 Å². The monoisotopic (exact) mass is 561 g/mol. The molecule has 0 aliphatic heterocycles. The molecule has 10 nitrogen and oxygen atoms in total. The normalized spacial score (nSPS) is 14.4. The maximum absolute atomic E-state index is 12.0. The van der Waals surface area contributed by atoms with Crippen molar-refractivity contribution < 1.29 is 33.3 Å². The number of pyridine rings is 1. The summed E-state index contributed by atoms with van der Waals surface area (Å²) in [5, 5.41) is 11.8. The van der Waals surface area contributed by atoms with Crippen LogP contribution in [0.4, 0.5) is 4.79 Å². The number of benzene rings is 1. The van der Waals surface area contributed by atoms with Crippen molar-refractivity contribution in [2.45, 2.75) is 65.2 Å². The molecular formula is C31H35N3O7. The summed E-state index contributed by atoms with van der Waals surface area (Å²) in [5.41, 5.74) is 3.29. The smallest absolute Gasteiger partial charge is 0.407 e. The minimum atomic E-state index is -0.886. The molecule has 2 N–H and O–H groups in total. The Morgan fingerprint density at radius 1 is 1.17 bits per heavy atom. The third-order valence-corrected chi connectivity index (χ3v) is 6.27. The Balaban J connectivity index is 1.33. The van der Waals surface area contributed by atoms with E-state index in [1.165, 1.54) is 0 Å². The molecule has 0 saturated carbocycles. The summed E-state index contributed by atoms with van der Waals surface area (Å²) < 4.78 is 22.9. The number of carbonyl (C=O) groups excluding carboxylic acids is 1. The molecule has 0 fully saturated rings. The third kappa shape index (κ3) is 8.96. The van der Waals surface area contributed by atoms with Crippen LogP contribution in [0.15, 0.2) is 65.2 Å². The molecule has 1 aliphatic rings. The van der Waals surface area contributed by atoms with Crippen molar-refractivity contribution >= 4 is 17.6 Å². The maximum atomic E-state index is 12.0. The van der Waals surface area contributed by atoms with E-state index in [1.807, 2.05) is 55.5 Å². The molecule has 0 spiro atoms. The number of allylic oxidation sites excluding steroid dienone is 2. The molecule has 1 aliphatic carbocycles. The number of hydrogen-bond acceptors (Lipinski definition) is 8. The number of ether oxygens (including phenoxy) is 3. The van der Waals surface area contributed by atoms with Gasteiger partial charge in [0.25, 0.3) is 0 Å². The van der Waals surface area contributed by atoms with Crippen molar-refractivity contribution in [3.63, 3.8) is 0 Å². The van der Waals surface area contributed by atoms with Gasteiger partial charge in [0.1, 0.15) is 17.6 Å². The first-order valence-electron chi connectivity index (χ1n) is 13.6. The van der Waals surface area contributed by atoms with E-state index in [1.54, 1.807) is 26.1 Å². The molecule has 1 amide bonds. The Kier molecular flexibility index (Phi) is 10.1. The Labute approximate surface area is 239 Å². The van der Waals surface area contributed by atoms with Crippen LogP contribution in [0, 0.1) is 6.92 Å². The number of nitrogens with one attached hydrogen (secondary N) is 1. The average molecular weight is 562 g/mol. The number of nitrogens with zero attached hydrogens (tertiary/aromatic N) is 2. The summed E-state index contributed by atoms with van der Waals surface area (Å²) in [6.45, 7) is 5.97. The standard InChI is InChI=1S/C31H35N3O7/c1-20(2)39-31(37)33-19-24-18-26(13-7-22(24)10-14-29(35)36)38-17-15-27-21(3)40-30(34-27)23-8-11-25(12-9-23)41-28-6-4-5-16-32-28/h4-9,11,13,16,18,20,25H,10,12,14-15,17,19H2,1-3H3,(H,33,37)(H,35,36). The maximum Gasteiger partial charge on any atom is 0.407 e. The van der Waals surface area contributed by atoms with Gasteiger partial charge >= 0.3 is 12.1 Å². The van der Waals surface area contributed by atoms with E-state index in [0.29, 0.717) is 43.4 Å². The minimum absolute atomic E-state index is 0.0129. The zero-order valence-electron chi connectivity index (χ0n) is 23.5. The molecule has 1 atom stereocenters. The molecule has 2 aromatic heterocycles. The van der Waals surface area contributed by atoms with Gasteiger partial charge in [-0.25, -0.2) is 14.8 Å². The van der Waals surface area contributed by atoms with Gasteiger partial charge in [-0.05, 0) is 62.6 Å². The number of oxazole rings is 1. The molecule has 3 aromatic rings. The lowest BCUT2D eigenvalue weighted by atomic mass is 10.0. The molecule has 216 valence electrons. The fourth-order valence-corrected chi connectivity index (χ4v) is 4.23. The highest BCUT2D eigenvalue weighted by Crippen LogP contribution is 2.25. The predicted molar refractivity (Wildman–Crippen MR) is 152 cm³/mol. The lowest BCUT2D eigenvalue weighted by Crippen LogP contribution is -2.26. The first kappa shape index (κ1) is 29.4. The molecule has 0 saturated heterocycles. The number of carbonyl (C=O) groups is 2. The zero-order chi connectivity index (χ0) is 29.2. The van der Waals surface area contributed by atoms with Crippen LogP contribution in [-0.4, -0.2) is 46.0 Å². The molecule has 10 heteroatoms. The number of rotatable bonds is 13. The van der Waals surface area contributed by atoms with E-state index in [4.69, 9.17) is 23.7 Å². The number of amides is 1. The number of aromatic nitrogens is 2. The number of carboxylic acids is 1. The Morgan fingerprint density at radius 2 is 2.02 bits per heavy atom. The van der Waals surface area contributed by atoms with Crippen molar-refractivity contribution in [1.29, 1.82) is 0 Å². The molecule has 4 rings (SSSR count). The first-order chi connectivity index (χ1) is 19.8. The topological polar surface area (TPSA) is 133 Å². The van der Waals surface area contributed by atoms with Crippen LogP contribution in [0.2, 0.25) is 0 Å². The van der Waals surface area contributed by atoms with E-state index in [2.05, 4.69) is 15.3 Å². The summed E-state index contributed by atoms with van der Waals surface area (Å²) in [6, 6.07) is 11.0. The summed E-state index contributed by atoms with van der Waals surface area (Å²) >= 11 is 0. The largest absolute Gasteiger partial charge is 0.493 e. The average Bonchev–Trinajstić information content (AvgIpc) is 3.32. The van der Waals surface area contributed by atoms with Gasteiger partial charge in [0.05, 0.1) is 18.4 Å². The number of alkyl carbamates (subject to hydrolysis) is 1. The molecule has 41 heavy (non-hydrogen) atoms. The Morgan fingerprint density at radius 3 is 2.73 bits per heavy atom. The lowest BCUT2D eigenvalue weighted by Gasteiger charge is -2.16. The molecule has 0 bridgehead atoms. The Bertz CT molecular complexity index is 1400. The second-order valence-corrected chi connectivity index (χ2v) is 9.83. The van der Waals surface area contributed by atoms with E-state index in [-0.39, 0.29) is 25.2 Å². The van der Waals surface area contributed by atoms with Crippen LogP contribution in [0.25, 0.3) is 5.57 Å². The van der Waals surface area contributed by atoms with Crippen LogP contribution in [0.5, 0.6) is 11.6 Å². The first-order valence-corrected chi connectivity index (χ1v) is 13.6. The van der Waals surface area contributed by atoms with Crippen molar-refractivity contribution in [1.82, 2.24) is 15.3 Å². The molecular weight excluding hydrogens is 526 g/mol. The van der Waals surface area contributed by atoms with E-state index in [0.717, 1.165) is 28.2 Å². The second kappa shape index (κ2) is 14.2. The zero-order valence-corrected chi connectivity index (χ0v) is 23.5. The molecule has 0 radical (unpaired) electrons. The summed E-state index contributed by atoms with van der Waals surface area (Å²) in [5.74, 6) is 1.58. The van der Waals surface area contributed by atoms with Crippen LogP contribution in [0.3, 0.4) is 0 Å². The van der Waals surface area contributed by atoms with Gasteiger partial charge in [0.15, 0.2) is 0 Å². The molecule has 1 aromatic carbocycles. The lowest BCUT2D eigenvalue weighted by molar-refractivity contribution is -0.136. The number of carboxylic acid groups (broad SMARTS) is 1. The summed E-state index contributed by atoms with van der Waals surface area (Å²) in [7, 11) is 0. The quantitative estimate of drug-likeness (QED) is 0.280. The van der Waals surface area contributed by atoms with E-state index in [9.17, 15) is 9.59 Å². The van der Waals surface area contributed by atoms with Crippen LogP contribution in [0.1, 0.15) is 55.2 Å². The number of aliphatic carboxylic acids is 1. The fourth-order valence-electron chi connectivity index (χ4n) is 4.23. The van der Waals surface area contributed by atoms with Crippen molar-refractivity contribution in [3.8, 4) is 11.6 Å². The van der Waals surface area contributed by atoms with Gasteiger partial charge in [-0.1, -0.05) is 24.3 Å². The van der Waals surface area contributed by atoms with Crippen LogP contribution in [-0.2, 0) is 28.9 Å². The van der Waals surface area contributed by atoms with Crippen molar-refractivity contribution in [2.24, 2.45) is 0 Å². The van der Waals surface area contributed by atoms with Gasteiger partial charge in [-0.3, -0.25) is 4.79 Å². The minimum Gasteiger partial charge on any atom is -0.493 e. The van der Waals surface area contributed by atoms with Gasteiger partial charge in [0.2, 0.25) is 11.8 Å². The van der Waals surface area contributed by atoms with Crippen molar-refractivity contribution in [3.05, 3.63) is 89.3 Å². The highest BCUT2D eigenvalue weighted by molar-refractivity contribution is 5.70. The number of hydrogen-bond donors (Lipinski definition) is 2. The molecule has 2 heterocycles. The number of aryl methyl sites for hydroxylation is 2. The van der Waals surface area contributed by atoms with Crippen LogP contribution < -0.4 is 14.8 Å². The summed E-state index contributed by atoms with van der Waals surface area (Å²) in [6.07, 6.45) is 8.31. The van der Waals surface area contributed by atoms with Crippen molar-refractivity contribution in [2.75, 3.05) is 6.61 Å². The Hall–Kier alpha value is -4.60. The highest BCUT2D eigenvalue weighted by atomic mass is 16.6. The van der Waals surface area contributed by atoms with Crippen LogP contribution >= 0.6 is 0 Å². The summed E-state index contributed by atoms with van der Waals surface area (Å²) in [4.78, 5) is 31.9. The second-order valence-electron chi connectivity index (χ2n) is 9.83. The van der Waals surface area contributed by atoms with Gasteiger partial charge in [-0.15, -0.1) is 0 Å². The van der Waals surface area contributed by atoms with Gasteiger partial charge in [-0.2, -0.15) is 0 Å². The van der Waals surface area contributed by atoms with Gasteiger partial charge in [0, 0.05) is 43.6 Å². The third-order valence-electron chi connectivity index (χ3n) is 6.27. The fraction of sp³-hybridized carbons (Fsp3) is 0.355. The predicted octanol–water partition coefficient (Wildman–Crippen LogP) is 5.44. The highest BCUT2D eigenvalue weighted by Gasteiger charge is 2.17. The van der Waals surface area contributed by atoms with E-state index < -0.39 is 12.1 Å². The molecule has 1 unspecified atom stereocenters.